The van der Waals surface area contributed by atoms with Crippen molar-refractivity contribution >= 4 is 35.1 Å². The van der Waals surface area contributed by atoms with E-state index in [1.165, 1.54) is 0 Å². The van der Waals surface area contributed by atoms with Gasteiger partial charge in [0.25, 0.3) is 0 Å². The molecular weight excluding hydrogens is 234 g/mol. The van der Waals surface area contributed by atoms with E-state index in [0.717, 1.165) is 11.3 Å². The summed E-state index contributed by atoms with van der Waals surface area (Å²) in [5.41, 5.74) is 1.71. The number of nitrogens with zero attached hydrogens (tertiary/aromatic N) is 1. The molecule has 0 aliphatic rings. The van der Waals surface area contributed by atoms with Gasteiger partial charge in [-0.1, -0.05) is 24.3 Å². The zero-order valence-corrected chi connectivity index (χ0v) is 10.4. The van der Waals surface area contributed by atoms with Crippen LogP contribution < -0.4 is 0 Å². The van der Waals surface area contributed by atoms with Gasteiger partial charge in [0.2, 0.25) is 0 Å². The second-order valence-electron chi connectivity index (χ2n) is 3.21. The number of rotatable bonds is 5. The maximum atomic E-state index is 11.1. The van der Waals surface area contributed by atoms with Crippen LogP contribution in [0.25, 0.3) is 6.08 Å². The molecule has 4 heteroatoms. The molecule has 0 bridgehead atoms. The molecule has 0 unspecified atom stereocenters. The second-order valence-corrected chi connectivity index (χ2v) is 3.39. The topological polar surface area (TPSA) is 38.7 Å². The van der Waals surface area contributed by atoms with Crippen LogP contribution in [-0.4, -0.2) is 17.7 Å². The van der Waals surface area contributed by atoms with Crippen LogP contribution in [0.15, 0.2) is 35.3 Å². The molecule has 0 amide bonds. The molecule has 0 heterocycles. The summed E-state index contributed by atoms with van der Waals surface area (Å²) in [6, 6.07) is 7.49. The minimum Gasteiger partial charge on any atom is -0.466 e. The molecule has 0 N–H and O–H groups in total. The zero-order valence-electron chi connectivity index (χ0n) is 9.55. The zero-order chi connectivity index (χ0) is 12.5. The van der Waals surface area contributed by atoms with Gasteiger partial charge in [-0.25, -0.2) is 0 Å². The van der Waals surface area contributed by atoms with Crippen LogP contribution >= 0.6 is 12.2 Å². The average molecular weight is 247 g/mol. The van der Waals surface area contributed by atoms with Gasteiger partial charge in [0.05, 0.1) is 23.9 Å². The maximum absolute atomic E-state index is 11.1. The van der Waals surface area contributed by atoms with Gasteiger partial charge in [-0.05, 0) is 36.8 Å². The number of carbonyl (C=O) groups is 1. The van der Waals surface area contributed by atoms with E-state index in [9.17, 15) is 4.79 Å². The molecule has 0 aliphatic carbocycles. The molecule has 0 saturated carbocycles. The van der Waals surface area contributed by atoms with Crippen LogP contribution in [0.4, 0.5) is 5.69 Å². The Bertz CT molecular complexity index is 462. The van der Waals surface area contributed by atoms with E-state index < -0.39 is 0 Å². The predicted molar refractivity (Wildman–Crippen MR) is 71.4 cm³/mol. The van der Waals surface area contributed by atoms with Gasteiger partial charge in [-0.3, -0.25) is 4.79 Å². The summed E-state index contributed by atoms with van der Waals surface area (Å²) in [7, 11) is 0. The van der Waals surface area contributed by atoms with Crippen molar-refractivity contribution < 1.29 is 9.53 Å². The Morgan fingerprint density at radius 3 is 3.12 bits per heavy atom. The van der Waals surface area contributed by atoms with Gasteiger partial charge >= 0.3 is 5.97 Å². The van der Waals surface area contributed by atoms with Crippen LogP contribution in [0.3, 0.4) is 0 Å². The van der Waals surface area contributed by atoms with Crippen molar-refractivity contribution in [2.75, 3.05) is 6.61 Å². The first-order chi connectivity index (χ1) is 8.26. The lowest BCUT2D eigenvalue weighted by Gasteiger charge is -1.97. The van der Waals surface area contributed by atoms with Gasteiger partial charge in [-0.2, -0.15) is 4.99 Å². The summed E-state index contributed by atoms with van der Waals surface area (Å²) in [5.74, 6) is -0.225. The van der Waals surface area contributed by atoms with Crippen molar-refractivity contribution in [2.45, 2.75) is 13.3 Å². The van der Waals surface area contributed by atoms with Crippen molar-refractivity contribution in [1.29, 1.82) is 0 Å². The molecule has 1 rings (SSSR count). The number of benzene rings is 1. The van der Waals surface area contributed by atoms with Crippen LogP contribution in [-0.2, 0) is 9.53 Å². The van der Waals surface area contributed by atoms with Crippen LogP contribution in [0.2, 0.25) is 0 Å². The Kier molecular flexibility index (Phi) is 5.86. The summed E-state index contributed by atoms with van der Waals surface area (Å²) < 4.78 is 4.81. The Morgan fingerprint density at radius 2 is 2.41 bits per heavy atom. The van der Waals surface area contributed by atoms with E-state index >= 15 is 0 Å². The first kappa shape index (κ1) is 13.3. The standard InChI is InChI=1S/C13H13NO2S/c1-2-16-13(15)8-4-6-11-5-3-7-12(9-11)14-10-17/h3-7,9H,2,8H2,1H3. The summed E-state index contributed by atoms with van der Waals surface area (Å²) in [6.07, 6.45) is 3.88. The number of isothiocyanates is 1. The summed E-state index contributed by atoms with van der Waals surface area (Å²) in [5, 5.41) is 2.31. The summed E-state index contributed by atoms with van der Waals surface area (Å²) in [6.45, 7) is 2.19. The first-order valence-electron chi connectivity index (χ1n) is 5.26. The van der Waals surface area contributed by atoms with Crippen LogP contribution in [0, 0.1) is 0 Å². The van der Waals surface area contributed by atoms with Crippen molar-refractivity contribution in [3.63, 3.8) is 0 Å². The SMILES string of the molecule is CCOC(=O)CC=Cc1cccc(N=C=S)c1. The summed E-state index contributed by atoms with van der Waals surface area (Å²) >= 11 is 4.53. The minimum absolute atomic E-state index is 0.225. The molecule has 1 aromatic rings. The number of thiocarbonyl (C=S) groups is 1. The Balaban J connectivity index is 2.62. The molecule has 17 heavy (non-hydrogen) atoms. The molecule has 0 radical (unpaired) electrons. The lowest BCUT2D eigenvalue weighted by molar-refractivity contribution is -0.142. The minimum atomic E-state index is -0.225. The highest BCUT2D eigenvalue weighted by atomic mass is 32.1. The molecule has 0 saturated heterocycles. The molecule has 0 aromatic heterocycles. The fourth-order valence-electron chi connectivity index (χ4n) is 1.26. The number of carbonyl (C=O) groups excluding carboxylic acids is 1. The Labute approximate surface area is 106 Å². The number of aliphatic imine (C=N–C) groups is 1. The Hall–Kier alpha value is -1.77. The van der Waals surface area contributed by atoms with E-state index in [4.69, 9.17) is 4.74 Å². The van der Waals surface area contributed by atoms with Crippen molar-refractivity contribution in [1.82, 2.24) is 0 Å². The van der Waals surface area contributed by atoms with Crippen LogP contribution in [0.5, 0.6) is 0 Å². The molecule has 88 valence electrons. The Morgan fingerprint density at radius 1 is 1.59 bits per heavy atom. The largest absolute Gasteiger partial charge is 0.466 e. The molecule has 0 atom stereocenters. The van der Waals surface area contributed by atoms with Crippen molar-refractivity contribution in [3.8, 4) is 0 Å². The maximum Gasteiger partial charge on any atom is 0.309 e. The molecule has 3 nitrogen and oxygen atoms in total. The fraction of sp³-hybridized carbons (Fsp3) is 0.231. The van der Waals surface area contributed by atoms with Gasteiger partial charge in [0.1, 0.15) is 0 Å². The lowest BCUT2D eigenvalue weighted by atomic mass is 10.2. The van der Waals surface area contributed by atoms with Gasteiger partial charge in [0.15, 0.2) is 0 Å². The van der Waals surface area contributed by atoms with Gasteiger partial charge in [0, 0.05) is 0 Å². The first-order valence-corrected chi connectivity index (χ1v) is 5.67. The fourth-order valence-corrected chi connectivity index (χ4v) is 1.37. The highest BCUT2D eigenvalue weighted by molar-refractivity contribution is 7.78. The van der Waals surface area contributed by atoms with E-state index in [1.54, 1.807) is 13.0 Å². The van der Waals surface area contributed by atoms with Crippen molar-refractivity contribution in [2.24, 2.45) is 4.99 Å². The molecule has 1 aromatic carbocycles. The van der Waals surface area contributed by atoms with Crippen molar-refractivity contribution in [3.05, 3.63) is 35.9 Å². The average Bonchev–Trinajstić information content (AvgIpc) is 2.30. The second kappa shape index (κ2) is 7.49. The van der Waals surface area contributed by atoms with Crippen LogP contribution in [0.1, 0.15) is 18.9 Å². The number of ether oxygens (including phenoxy) is 1. The highest BCUT2D eigenvalue weighted by Gasteiger charge is 1.96. The van der Waals surface area contributed by atoms with Gasteiger partial charge < -0.3 is 4.74 Å². The third-order valence-corrected chi connectivity index (χ3v) is 2.04. The normalized spacial score (nSPS) is 9.94. The van der Waals surface area contributed by atoms with E-state index in [-0.39, 0.29) is 12.4 Å². The predicted octanol–water partition coefficient (Wildman–Crippen LogP) is 3.39. The molecule has 0 spiro atoms. The third-order valence-electron chi connectivity index (χ3n) is 1.95. The van der Waals surface area contributed by atoms with Gasteiger partial charge in [-0.15, -0.1) is 0 Å². The van der Waals surface area contributed by atoms with E-state index in [2.05, 4.69) is 22.4 Å². The molecular formula is C13H13NO2S. The quantitative estimate of drug-likeness (QED) is 0.455. The number of esters is 1. The third kappa shape index (κ3) is 5.20. The van der Waals surface area contributed by atoms with E-state index in [0.29, 0.717) is 6.61 Å². The summed E-state index contributed by atoms with van der Waals surface area (Å²) in [4.78, 5) is 15.0. The monoisotopic (exact) mass is 247 g/mol. The lowest BCUT2D eigenvalue weighted by Crippen LogP contribution is -2.01. The smallest absolute Gasteiger partial charge is 0.309 e. The number of hydrogen-bond donors (Lipinski definition) is 0. The molecule has 0 fully saturated rings. The number of hydrogen-bond acceptors (Lipinski definition) is 4. The highest BCUT2D eigenvalue weighted by Crippen LogP contribution is 2.14. The molecule has 0 aliphatic heterocycles. The van der Waals surface area contributed by atoms with E-state index in [1.807, 2.05) is 30.3 Å².